The van der Waals surface area contributed by atoms with Crippen molar-refractivity contribution in [3.8, 4) is 0 Å². The SMILES string of the molecule is O=C(NC1COC1)c1cc(F)c(Cl)cc1Cl. The molecule has 16 heavy (non-hydrogen) atoms. The van der Waals surface area contributed by atoms with Crippen LogP contribution in [0.25, 0.3) is 0 Å². The predicted molar refractivity (Wildman–Crippen MR) is 58.5 cm³/mol. The topological polar surface area (TPSA) is 38.3 Å². The van der Waals surface area contributed by atoms with E-state index in [9.17, 15) is 9.18 Å². The monoisotopic (exact) mass is 263 g/mol. The lowest BCUT2D eigenvalue weighted by Crippen LogP contribution is -2.48. The molecule has 86 valence electrons. The van der Waals surface area contributed by atoms with E-state index in [4.69, 9.17) is 27.9 Å². The maximum atomic E-state index is 13.2. The van der Waals surface area contributed by atoms with Gasteiger partial charge in [0.15, 0.2) is 0 Å². The molecular weight excluding hydrogens is 256 g/mol. The zero-order chi connectivity index (χ0) is 11.7. The van der Waals surface area contributed by atoms with Crippen LogP contribution in [0.5, 0.6) is 0 Å². The summed E-state index contributed by atoms with van der Waals surface area (Å²) in [5, 5.41) is 2.69. The summed E-state index contributed by atoms with van der Waals surface area (Å²) in [5.41, 5.74) is 0.0791. The number of halogens is 3. The molecule has 1 aromatic rings. The molecule has 1 amide bonds. The second kappa shape index (κ2) is 4.57. The van der Waals surface area contributed by atoms with E-state index >= 15 is 0 Å². The van der Waals surface area contributed by atoms with Gasteiger partial charge in [-0.05, 0) is 12.1 Å². The first-order valence-corrected chi connectivity index (χ1v) is 5.36. The third kappa shape index (κ3) is 2.29. The highest BCUT2D eigenvalue weighted by Gasteiger charge is 2.22. The van der Waals surface area contributed by atoms with E-state index in [0.717, 1.165) is 6.07 Å². The van der Waals surface area contributed by atoms with Crippen LogP contribution < -0.4 is 5.32 Å². The molecular formula is C10H8Cl2FNO2. The summed E-state index contributed by atoms with van der Waals surface area (Å²) in [7, 11) is 0. The van der Waals surface area contributed by atoms with Crippen LogP contribution in [0.4, 0.5) is 4.39 Å². The molecule has 1 fully saturated rings. The highest BCUT2D eigenvalue weighted by Crippen LogP contribution is 2.24. The quantitative estimate of drug-likeness (QED) is 0.832. The van der Waals surface area contributed by atoms with Crippen LogP contribution in [0, 0.1) is 5.82 Å². The lowest BCUT2D eigenvalue weighted by Gasteiger charge is -2.26. The summed E-state index contributed by atoms with van der Waals surface area (Å²) in [5.74, 6) is -1.09. The van der Waals surface area contributed by atoms with Crippen LogP contribution in [-0.4, -0.2) is 25.2 Å². The first-order chi connectivity index (χ1) is 7.58. The molecule has 2 rings (SSSR count). The van der Waals surface area contributed by atoms with Crippen LogP contribution in [0.1, 0.15) is 10.4 Å². The Bertz CT molecular complexity index is 435. The molecule has 0 unspecified atom stereocenters. The third-order valence-electron chi connectivity index (χ3n) is 2.23. The zero-order valence-corrected chi connectivity index (χ0v) is 9.61. The number of amides is 1. The maximum Gasteiger partial charge on any atom is 0.253 e. The fraction of sp³-hybridized carbons (Fsp3) is 0.300. The van der Waals surface area contributed by atoms with E-state index in [-0.39, 0.29) is 21.7 Å². The van der Waals surface area contributed by atoms with Crippen molar-refractivity contribution in [1.82, 2.24) is 5.32 Å². The van der Waals surface area contributed by atoms with Crippen molar-refractivity contribution < 1.29 is 13.9 Å². The minimum absolute atomic E-state index is 0.0256. The molecule has 0 saturated carbocycles. The molecule has 1 aliphatic heterocycles. The Morgan fingerprint density at radius 1 is 1.38 bits per heavy atom. The summed E-state index contributed by atoms with van der Waals surface area (Å²) in [6, 6.07) is 2.21. The van der Waals surface area contributed by atoms with Gasteiger partial charge in [0.2, 0.25) is 0 Å². The van der Waals surface area contributed by atoms with E-state index in [2.05, 4.69) is 5.32 Å². The van der Waals surface area contributed by atoms with Crippen molar-refractivity contribution in [1.29, 1.82) is 0 Å². The average molecular weight is 264 g/mol. The van der Waals surface area contributed by atoms with Gasteiger partial charge in [-0.25, -0.2) is 4.39 Å². The van der Waals surface area contributed by atoms with E-state index in [0.29, 0.717) is 13.2 Å². The Labute approximate surface area is 101 Å². The molecule has 1 aliphatic rings. The molecule has 6 heteroatoms. The van der Waals surface area contributed by atoms with Gasteiger partial charge in [0.05, 0.1) is 34.9 Å². The van der Waals surface area contributed by atoms with Crippen LogP contribution in [0.2, 0.25) is 10.0 Å². The van der Waals surface area contributed by atoms with Gasteiger partial charge in [-0.1, -0.05) is 23.2 Å². The largest absolute Gasteiger partial charge is 0.377 e. The second-order valence-electron chi connectivity index (χ2n) is 3.45. The standard InChI is InChI=1S/C10H8Cl2FNO2/c11-7-2-8(12)9(13)1-6(7)10(15)14-5-3-16-4-5/h1-2,5H,3-4H2,(H,14,15). The van der Waals surface area contributed by atoms with Crippen molar-refractivity contribution in [2.45, 2.75) is 6.04 Å². The smallest absolute Gasteiger partial charge is 0.253 e. The third-order valence-corrected chi connectivity index (χ3v) is 2.83. The van der Waals surface area contributed by atoms with E-state index in [1.54, 1.807) is 0 Å². The molecule has 1 aromatic carbocycles. The normalized spacial score (nSPS) is 15.7. The average Bonchev–Trinajstić information content (AvgIpc) is 2.17. The van der Waals surface area contributed by atoms with Gasteiger partial charge in [-0.3, -0.25) is 4.79 Å². The molecule has 0 radical (unpaired) electrons. The summed E-state index contributed by atoms with van der Waals surface area (Å²) < 4.78 is 18.1. The molecule has 1 saturated heterocycles. The summed E-state index contributed by atoms with van der Waals surface area (Å²) >= 11 is 11.3. The van der Waals surface area contributed by atoms with Gasteiger partial charge < -0.3 is 10.1 Å². The van der Waals surface area contributed by atoms with Crippen LogP contribution in [0.15, 0.2) is 12.1 Å². The van der Waals surface area contributed by atoms with Crippen LogP contribution in [-0.2, 0) is 4.74 Å². The molecule has 0 aliphatic carbocycles. The van der Waals surface area contributed by atoms with Crippen molar-refractivity contribution in [2.75, 3.05) is 13.2 Å². The van der Waals surface area contributed by atoms with Crippen LogP contribution in [0.3, 0.4) is 0 Å². The fourth-order valence-corrected chi connectivity index (χ4v) is 1.75. The summed E-state index contributed by atoms with van der Waals surface area (Å²) in [6.07, 6.45) is 0. The highest BCUT2D eigenvalue weighted by molar-refractivity contribution is 6.36. The minimum Gasteiger partial charge on any atom is -0.377 e. The molecule has 0 atom stereocenters. The van der Waals surface area contributed by atoms with Gasteiger partial charge in [0.25, 0.3) is 5.91 Å². The van der Waals surface area contributed by atoms with Crippen molar-refractivity contribution >= 4 is 29.1 Å². The van der Waals surface area contributed by atoms with Gasteiger partial charge in [-0.2, -0.15) is 0 Å². The Hall–Kier alpha value is -0.840. The number of benzene rings is 1. The van der Waals surface area contributed by atoms with Gasteiger partial charge in [0.1, 0.15) is 5.82 Å². The van der Waals surface area contributed by atoms with Gasteiger partial charge in [0, 0.05) is 0 Å². The summed E-state index contributed by atoms with van der Waals surface area (Å²) in [6.45, 7) is 0.943. The first-order valence-electron chi connectivity index (χ1n) is 4.61. The second-order valence-corrected chi connectivity index (χ2v) is 4.27. The lowest BCUT2D eigenvalue weighted by atomic mass is 10.1. The Balaban J connectivity index is 2.18. The lowest BCUT2D eigenvalue weighted by molar-refractivity contribution is -0.00346. The summed E-state index contributed by atoms with van der Waals surface area (Å²) in [4.78, 5) is 11.7. The van der Waals surface area contributed by atoms with Crippen molar-refractivity contribution in [3.63, 3.8) is 0 Å². The zero-order valence-electron chi connectivity index (χ0n) is 8.10. The maximum absolute atomic E-state index is 13.2. The molecule has 1 heterocycles. The minimum atomic E-state index is -0.666. The molecule has 0 bridgehead atoms. The van der Waals surface area contributed by atoms with Crippen LogP contribution >= 0.6 is 23.2 Å². The first kappa shape index (κ1) is 11.6. The van der Waals surface area contributed by atoms with E-state index in [1.165, 1.54) is 6.07 Å². The predicted octanol–water partition coefficient (Wildman–Crippen LogP) is 2.26. The Morgan fingerprint density at radius 3 is 2.62 bits per heavy atom. The van der Waals surface area contributed by atoms with E-state index in [1.807, 2.05) is 0 Å². The molecule has 3 nitrogen and oxygen atoms in total. The number of hydrogen-bond acceptors (Lipinski definition) is 2. The number of carbonyl (C=O) groups excluding carboxylic acids is 1. The highest BCUT2D eigenvalue weighted by atomic mass is 35.5. The van der Waals surface area contributed by atoms with Gasteiger partial charge in [-0.15, -0.1) is 0 Å². The molecule has 0 aromatic heterocycles. The Kier molecular flexibility index (Phi) is 3.33. The van der Waals surface area contributed by atoms with Crippen molar-refractivity contribution in [2.24, 2.45) is 0 Å². The number of carbonyl (C=O) groups is 1. The van der Waals surface area contributed by atoms with Crippen molar-refractivity contribution in [3.05, 3.63) is 33.6 Å². The molecule has 1 N–H and O–H groups in total. The number of nitrogens with one attached hydrogen (secondary N) is 1. The molecule has 0 spiro atoms. The number of rotatable bonds is 2. The van der Waals surface area contributed by atoms with Gasteiger partial charge >= 0.3 is 0 Å². The Morgan fingerprint density at radius 2 is 2.06 bits per heavy atom. The van der Waals surface area contributed by atoms with E-state index < -0.39 is 11.7 Å². The number of hydrogen-bond donors (Lipinski definition) is 1. The number of ether oxygens (including phenoxy) is 1. The fourth-order valence-electron chi connectivity index (χ4n) is 1.28.